The summed E-state index contributed by atoms with van der Waals surface area (Å²) in [5, 5.41) is 7.74. The maximum atomic E-state index is 13.6. The van der Waals surface area contributed by atoms with E-state index in [-0.39, 0.29) is 11.8 Å². The molecule has 0 spiro atoms. The lowest BCUT2D eigenvalue weighted by molar-refractivity contribution is -0.126. The lowest BCUT2D eigenvalue weighted by Crippen LogP contribution is -2.60. The van der Waals surface area contributed by atoms with Gasteiger partial charge in [-0.25, -0.2) is 9.67 Å². The number of hydrogen-bond acceptors (Lipinski definition) is 5. The molecule has 3 aromatic rings. The van der Waals surface area contributed by atoms with Gasteiger partial charge in [-0.1, -0.05) is 42.1 Å². The Bertz CT molecular complexity index is 1190. The molecule has 1 atom stereocenters. The normalized spacial score (nSPS) is 18.1. The maximum Gasteiger partial charge on any atom is 0.250 e. The Balaban J connectivity index is 1.44. The summed E-state index contributed by atoms with van der Waals surface area (Å²) in [6.07, 6.45) is 2.22. The van der Waals surface area contributed by atoms with Crippen LogP contribution in [0.2, 0.25) is 0 Å². The zero-order chi connectivity index (χ0) is 22.5. The van der Waals surface area contributed by atoms with E-state index in [1.165, 1.54) is 11.8 Å². The topological polar surface area (TPSA) is 80.1 Å². The first-order valence-electron chi connectivity index (χ1n) is 10.8. The fourth-order valence-corrected chi connectivity index (χ4v) is 4.75. The van der Waals surface area contributed by atoms with Crippen LogP contribution in [0.25, 0.3) is 5.69 Å². The van der Waals surface area contributed by atoms with Crippen molar-refractivity contribution < 1.29 is 9.59 Å². The molecule has 1 aliphatic heterocycles. The first-order valence-corrected chi connectivity index (χ1v) is 11.7. The largest absolute Gasteiger partial charge is 0.322 e. The molecule has 0 bridgehead atoms. The summed E-state index contributed by atoms with van der Waals surface area (Å²) >= 11 is 1.33. The fourth-order valence-electron chi connectivity index (χ4n) is 3.96. The van der Waals surface area contributed by atoms with Crippen LogP contribution in [0.5, 0.6) is 0 Å². The average molecular weight is 448 g/mol. The van der Waals surface area contributed by atoms with Gasteiger partial charge in [-0.15, -0.1) is 5.10 Å². The SMILES string of the molecule is CC(Sc1nc(C2CC2)n(-c2ccccc2)n1)C(=O)N1c2ccccc2NC(=O)C1(C)C. The van der Waals surface area contributed by atoms with Gasteiger partial charge in [0.2, 0.25) is 17.0 Å². The number of fused-ring (bicyclic) bond motifs is 1. The molecule has 2 amide bonds. The standard InChI is InChI=1S/C24H25N5O2S/c1-15(21(30)28-19-12-8-7-11-18(19)25-22(31)24(28,2)3)32-23-26-20(16-13-14-16)29(27-23)17-9-5-4-6-10-17/h4-12,15-16H,13-14H2,1-3H3,(H,25,31). The van der Waals surface area contributed by atoms with E-state index in [1.807, 2.05) is 66.2 Å². The molecule has 1 fully saturated rings. The fraction of sp³-hybridized carbons (Fsp3) is 0.333. The third kappa shape index (κ3) is 3.58. The van der Waals surface area contributed by atoms with E-state index in [0.29, 0.717) is 22.4 Å². The van der Waals surface area contributed by atoms with Crippen LogP contribution in [-0.2, 0) is 9.59 Å². The van der Waals surface area contributed by atoms with E-state index < -0.39 is 10.8 Å². The summed E-state index contributed by atoms with van der Waals surface area (Å²) in [4.78, 5) is 32.7. The van der Waals surface area contributed by atoms with Gasteiger partial charge in [0.25, 0.3) is 0 Å². The lowest BCUT2D eigenvalue weighted by atomic mass is 9.96. The molecule has 2 aliphatic rings. The Morgan fingerprint density at radius 2 is 1.81 bits per heavy atom. The van der Waals surface area contributed by atoms with Crippen molar-refractivity contribution >= 4 is 35.0 Å². The van der Waals surface area contributed by atoms with Crippen LogP contribution in [0.1, 0.15) is 45.4 Å². The summed E-state index contributed by atoms with van der Waals surface area (Å²) < 4.78 is 1.89. The molecule has 0 radical (unpaired) electrons. The van der Waals surface area contributed by atoms with Gasteiger partial charge in [0, 0.05) is 5.92 Å². The van der Waals surface area contributed by atoms with E-state index in [4.69, 9.17) is 10.1 Å². The molecule has 2 aromatic carbocycles. The van der Waals surface area contributed by atoms with Crippen LogP contribution >= 0.6 is 11.8 Å². The van der Waals surface area contributed by atoms with E-state index in [1.54, 1.807) is 18.7 Å². The van der Waals surface area contributed by atoms with Gasteiger partial charge in [-0.3, -0.25) is 14.5 Å². The molecule has 1 aromatic heterocycles. The molecule has 164 valence electrons. The highest BCUT2D eigenvalue weighted by molar-refractivity contribution is 8.00. The van der Waals surface area contributed by atoms with Crippen molar-refractivity contribution in [3.63, 3.8) is 0 Å². The Hall–Kier alpha value is -3.13. The van der Waals surface area contributed by atoms with Crippen LogP contribution in [-0.4, -0.2) is 37.4 Å². The monoisotopic (exact) mass is 447 g/mol. The summed E-state index contributed by atoms with van der Waals surface area (Å²) in [5.41, 5.74) is 1.31. The van der Waals surface area contributed by atoms with Crippen LogP contribution in [0, 0.1) is 0 Å². The minimum Gasteiger partial charge on any atom is -0.322 e. The highest BCUT2D eigenvalue weighted by atomic mass is 32.2. The molecule has 32 heavy (non-hydrogen) atoms. The van der Waals surface area contributed by atoms with Gasteiger partial charge in [-0.05, 0) is 57.9 Å². The van der Waals surface area contributed by atoms with Crippen LogP contribution in [0.15, 0.2) is 59.8 Å². The second-order valence-corrected chi connectivity index (χ2v) is 10.0. The Morgan fingerprint density at radius 1 is 1.12 bits per heavy atom. The summed E-state index contributed by atoms with van der Waals surface area (Å²) in [6, 6.07) is 17.3. The number of thioether (sulfide) groups is 1. The zero-order valence-corrected chi connectivity index (χ0v) is 19.1. The van der Waals surface area contributed by atoms with Crippen molar-refractivity contribution in [3.8, 4) is 5.69 Å². The molecule has 1 aliphatic carbocycles. The van der Waals surface area contributed by atoms with E-state index in [2.05, 4.69) is 5.32 Å². The van der Waals surface area contributed by atoms with Gasteiger partial charge >= 0.3 is 0 Å². The second-order valence-electron chi connectivity index (χ2n) is 8.74. The average Bonchev–Trinajstić information content (AvgIpc) is 3.55. The number of benzene rings is 2. The quantitative estimate of drug-likeness (QED) is 0.587. The first-order chi connectivity index (χ1) is 15.4. The van der Waals surface area contributed by atoms with Gasteiger partial charge in [0.1, 0.15) is 11.4 Å². The number of amides is 2. The Labute approximate surface area is 191 Å². The Morgan fingerprint density at radius 3 is 2.53 bits per heavy atom. The number of nitrogens with one attached hydrogen (secondary N) is 1. The lowest BCUT2D eigenvalue weighted by Gasteiger charge is -2.42. The predicted molar refractivity (Wildman–Crippen MR) is 125 cm³/mol. The molecule has 2 heterocycles. The molecule has 8 heteroatoms. The zero-order valence-electron chi connectivity index (χ0n) is 18.3. The summed E-state index contributed by atoms with van der Waals surface area (Å²) in [6.45, 7) is 5.38. The maximum absolute atomic E-state index is 13.6. The molecule has 1 saturated carbocycles. The van der Waals surface area contributed by atoms with Gasteiger partial charge in [0.05, 0.1) is 22.3 Å². The van der Waals surface area contributed by atoms with Crippen molar-refractivity contribution in [2.45, 2.75) is 55.5 Å². The number of hydrogen-bond donors (Lipinski definition) is 1. The predicted octanol–water partition coefficient (Wildman–Crippen LogP) is 4.39. The second kappa shape index (κ2) is 7.78. The molecule has 1 N–H and O–H groups in total. The molecule has 1 unspecified atom stereocenters. The number of aromatic nitrogens is 3. The number of anilines is 2. The van der Waals surface area contributed by atoms with Crippen LogP contribution < -0.4 is 10.2 Å². The van der Waals surface area contributed by atoms with Crippen LogP contribution in [0.4, 0.5) is 11.4 Å². The summed E-state index contributed by atoms with van der Waals surface area (Å²) in [7, 11) is 0. The number of rotatable bonds is 5. The minimum absolute atomic E-state index is 0.147. The van der Waals surface area contributed by atoms with Gasteiger partial charge in [0.15, 0.2) is 0 Å². The molecular formula is C24H25N5O2S. The molecular weight excluding hydrogens is 422 g/mol. The summed E-state index contributed by atoms with van der Waals surface area (Å²) in [5.74, 6) is 1.01. The van der Waals surface area contributed by atoms with Crippen molar-refractivity contribution in [2.24, 2.45) is 0 Å². The minimum atomic E-state index is -1.00. The number of nitrogens with zero attached hydrogens (tertiary/aromatic N) is 4. The van der Waals surface area contributed by atoms with E-state index in [9.17, 15) is 9.59 Å². The number of carbonyl (C=O) groups excluding carboxylic acids is 2. The van der Waals surface area contributed by atoms with E-state index >= 15 is 0 Å². The number of para-hydroxylation sites is 3. The molecule has 7 nitrogen and oxygen atoms in total. The van der Waals surface area contributed by atoms with E-state index in [0.717, 1.165) is 24.4 Å². The van der Waals surface area contributed by atoms with Crippen molar-refractivity contribution in [1.82, 2.24) is 14.8 Å². The number of carbonyl (C=O) groups is 2. The Kier molecular flexibility index (Phi) is 5.04. The molecule has 0 saturated heterocycles. The third-order valence-corrected chi connectivity index (χ3v) is 6.85. The van der Waals surface area contributed by atoms with Gasteiger partial charge in [-0.2, -0.15) is 0 Å². The highest BCUT2D eigenvalue weighted by Gasteiger charge is 2.45. The van der Waals surface area contributed by atoms with Crippen molar-refractivity contribution in [3.05, 3.63) is 60.4 Å². The van der Waals surface area contributed by atoms with Crippen molar-refractivity contribution in [2.75, 3.05) is 10.2 Å². The smallest absolute Gasteiger partial charge is 0.250 e. The third-order valence-electron chi connectivity index (χ3n) is 5.91. The first kappa shape index (κ1) is 20.8. The van der Waals surface area contributed by atoms with Crippen molar-refractivity contribution in [1.29, 1.82) is 0 Å². The van der Waals surface area contributed by atoms with Gasteiger partial charge < -0.3 is 5.32 Å². The highest BCUT2D eigenvalue weighted by Crippen LogP contribution is 2.41. The van der Waals surface area contributed by atoms with Crippen LogP contribution in [0.3, 0.4) is 0 Å². The molecule has 5 rings (SSSR count).